The van der Waals surface area contributed by atoms with Gasteiger partial charge in [-0.1, -0.05) is 0 Å². The Labute approximate surface area is 127 Å². The number of ether oxygens (including phenoxy) is 1. The van der Waals surface area contributed by atoms with E-state index in [2.05, 4.69) is 41.5 Å². The summed E-state index contributed by atoms with van der Waals surface area (Å²) in [7, 11) is 0. The first-order chi connectivity index (χ1) is 9.54. The van der Waals surface area contributed by atoms with Crippen LogP contribution < -0.4 is 0 Å². The summed E-state index contributed by atoms with van der Waals surface area (Å²) in [5, 5.41) is 0. The standard InChI is InChI=1S/C16H28N2O3/c1-11-12(9-13(19)18(11)15(2,3)4)10-16(5,6)17-7-8-21-14(17)20/h11-12H,7-10H2,1-6H3. The van der Waals surface area contributed by atoms with Crippen LogP contribution in [0.15, 0.2) is 0 Å². The Bertz CT molecular complexity index is 439. The molecule has 0 aromatic heterocycles. The number of likely N-dealkylation sites (tertiary alicyclic amines) is 1. The summed E-state index contributed by atoms with van der Waals surface area (Å²) in [5.74, 6) is 0.500. The zero-order valence-corrected chi connectivity index (χ0v) is 14.1. The second kappa shape index (κ2) is 5.18. The molecular weight excluding hydrogens is 268 g/mol. The summed E-state index contributed by atoms with van der Waals surface area (Å²) in [5.41, 5.74) is -0.428. The number of nitrogens with zero attached hydrogens (tertiary/aromatic N) is 2. The summed E-state index contributed by atoms with van der Waals surface area (Å²) in [6, 6.07) is 0.204. The van der Waals surface area contributed by atoms with Crippen LogP contribution in [0.2, 0.25) is 0 Å². The lowest BCUT2D eigenvalue weighted by atomic mass is 9.85. The predicted molar refractivity (Wildman–Crippen MR) is 80.9 cm³/mol. The van der Waals surface area contributed by atoms with Gasteiger partial charge in [0.2, 0.25) is 5.91 Å². The van der Waals surface area contributed by atoms with Crippen LogP contribution in [0.5, 0.6) is 0 Å². The van der Waals surface area contributed by atoms with Gasteiger partial charge < -0.3 is 9.64 Å². The maximum atomic E-state index is 12.3. The van der Waals surface area contributed by atoms with E-state index in [-0.39, 0.29) is 35.0 Å². The maximum Gasteiger partial charge on any atom is 0.410 e. The van der Waals surface area contributed by atoms with Crippen molar-refractivity contribution in [1.82, 2.24) is 9.80 Å². The van der Waals surface area contributed by atoms with E-state index in [0.29, 0.717) is 19.6 Å². The van der Waals surface area contributed by atoms with Gasteiger partial charge in [-0.2, -0.15) is 0 Å². The molecule has 0 spiro atoms. The Hall–Kier alpha value is -1.26. The fourth-order valence-electron chi connectivity index (χ4n) is 3.85. The lowest BCUT2D eigenvalue weighted by Crippen LogP contribution is -2.49. The van der Waals surface area contributed by atoms with E-state index in [1.807, 2.05) is 4.90 Å². The first-order valence-corrected chi connectivity index (χ1v) is 7.80. The van der Waals surface area contributed by atoms with E-state index in [1.54, 1.807) is 4.90 Å². The smallest absolute Gasteiger partial charge is 0.410 e. The average molecular weight is 296 g/mol. The number of carbonyl (C=O) groups excluding carboxylic acids is 2. The predicted octanol–water partition coefficient (Wildman–Crippen LogP) is 2.64. The van der Waals surface area contributed by atoms with Crippen LogP contribution in [0.3, 0.4) is 0 Å². The highest BCUT2D eigenvalue weighted by Crippen LogP contribution is 2.38. The first kappa shape index (κ1) is 16.1. The van der Waals surface area contributed by atoms with Gasteiger partial charge in [-0.3, -0.25) is 9.69 Å². The number of rotatable bonds is 3. The molecule has 5 heteroatoms. The highest BCUT2D eigenvalue weighted by atomic mass is 16.6. The van der Waals surface area contributed by atoms with Crippen molar-refractivity contribution in [2.24, 2.45) is 5.92 Å². The summed E-state index contributed by atoms with van der Waals surface area (Å²) < 4.78 is 5.05. The van der Waals surface area contributed by atoms with E-state index in [4.69, 9.17) is 4.74 Å². The zero-order chi connectivity index (χ0) is 16.0. The van der Waals surface area contributed by atoms with Gasteiger partial charge >= 0.3 is 6.09 Å². The summed E-state index contributed by atoms with van der Waals surface area (Å²) in [6.07, 6.45) is 1.16. The van der Waals surface area contributed by atoms with Crippen LogP contribution >= 0.6 is 0 Å². The third-order valence-corrected chi connectivity index (χ3v) is 4.77. The van der Waals surface area contributed by atoms with Gasteiger partial charge in [0.15, 0.2) is 0 Å². The molecule has 2 rings (SSSR count). The van der Waals surface area contributed by atoms with Gasteiger partial charge in [-0.05, 0) is 53.9 Å². The molecule has 0 aliphatic carbocycles. The van der Waals surface area contributed by atoms with Crippen molar-refractivity contribution in [3.05, 3.63) is 0 Å². The normalized spacial score (nSPS) is 27.5. The maximum absolute atomic E-state index is 12.3. The molecular formula is C16H28N2O3. The molecule has 0 aromatic carbocycles. The van der Waals surface area contributed by atoms with E-state index >= 15 is 0 Å². The number of cyclic esters (lactones) is 1. The third-order valence-electron chi connectivity index (χ3n) is 4.77. The van der Waals surface area contributed by atoms with Crippen molar-refractivity contribution >= 4 is 12.0 Å². The molecule has 2 aliphatic heterocycles. The highest BCUT2D eigenvalue weighted by Gasteiger charge is 2.46. The number of carbonyl (C=O) groups is 2. The second-order valence-corrected chi connectivity index (χ2v) is 7.92. The van der Waals surface area contributed by atoms with Crippen LogP contribution in [0.25, 0.3) is 0 Å². The van der Waals surface area contributed by atoms with Gasteiger partial charge in [0.25, 0.3) is 0 Å². The van der Waals surface area contributed by atoms with Crippen LogP contribution in [-0.4, -0.2) is 52.1 Å². The largest absolute Gasteiger partial charge is 0.448 e. The molecule has 21 heavy (non-hydrogen) atoms. The van der Waals surface area contributed by atoms with Crippen molar-refractivity contribution in [2.45, 2.75) is 71.5 Å². The van der Waals surface area contributed by atoms with Crippen molar-refractivity contribution in [2.75, 3.05) is 13.2 Å². The quantitative estimate of drug-likeness (QED) is 0.804. The lowest BCUT2D eigenvalue weighted by Gasteiger charge is -2.40. The van der Waals surface area contributed by atoms with Gasteiger partial charge in [0, 0.05) is 23.5 Å². The molecule has 2 heterocycles. The van der Waals surface area contributed by atoms with Crippen molar-refractivity contribution in [1.29, 1.82) is 0 Å². The topological polar surface area (TPSA) is 49.9 Å². The van der Waals surface area contributed by atoms with Gasteiger partial charge in [-0.25, -0.2) is 4.79 Å². The lowest BCUT2D eigenvalue weighted by molar-refractivity contribution is -0.133. The number of amides is 2. The molecule has 0 bridgehead atoms. The molecule has 0 aromatic rings. The van der Waals surface area contributed by atoms with Crippen LogP contribution in [0, 0.1) is 5.92 Å². The molecule has 120 valence electrons. The summed E-state index contributed by atoms with van der Waals surface area (Å²) in [4.78, 5) is 27.9. The summed E-state index contributed by atoms with van der Waals surface area (Å²) in [6.45, 7) is 13.6. The molecule has 2 fully saturated rings. The monoisotopic (exact) mass is 296 g/mol. The Morgan fingerprint density at radius 1 is 1.19 bits per heavy atom. The number of hydrogen-bond acceptors (Lipinski definition) is 3. The van der Waals surface area contributed by atoms with Crippen LogP contribution in [0.1, 0.15) is 54.4 Å². The molecule has 2 aliphatic rings. The van der Waals surface area contributed by atoms with Crippen molar-refractivity contribution < 1.29 is 14.3 Å². The fraction of sp³-hybridized carbons (Fsp3) is 0.875. The molecule has 2 amide bonds. The number of hydrogen-bond donors (Lipinski definition) is 0. The molecule has 0 N–H and O–H groups in total. The van der Waals surface area contributed by atoms with Crippen molar-refractivity contribution in [3.63, 3.8) is 0 Å². The van der Waals surface area contributed by atoms with E-state index in [0.717, 1.165) is 6.42 Å². The minimum atomic E-state index is -0.277. The second-order valence-electron chi connectivity index (χ2n) is 7.92. The van der Waals surface area contributed by atoms with Gasteiger partial charge in [0.1, 0.15) is 6.61 Å². The Balaban J connectivity index is 2.10. The average Bonchev–Trinajstić information content (AvgIpc) is 2.83. The Morgan fingerprint density at radius 2 is 1.81 bits per heavy atom. The van der Waals surface area contributed by atoms with Gasteiger partial charge in [-0.15, -0.1) is 0 Å². The van der Waals surface area contributed by atoms with Crippen LogP contribution in [0.4, 0.5) is 4.79 Å². The minimum absolute atomic E-state index is 0.151. The fourth-order valence-corrected chi connectivity index (χ4v) is 3.85. The molecule has 0 saturated carbocycles. The van der Waals surface area contributed by atoms with Crippen LogP contribution in [-0.2, 0) is 9.53 Å². The Kier molecular flexibility index (Phi) is 3.98. The van der Waals surface area contributed by atoms with E-state index < -0.39 is 0 Å². The first-order valence-electron chi connectivity index (χ1n) is 7.80. The molecule has 0 radical (unpaired) electrons. The molecule has 5 nitrogen and oxygen atoms in total. The summed E-state index contributed by atoms with van der Waals surface area (Å²) >= 11 is 0. The zero-order valence-electron chi connectivity index (χ0n) is 14.1. The highest BCUT2D eigenvalue weighted by molar-refractivity contribution is 5.80. The SMILES string of the molecule is CC1C(CC(C)(C)N2CCOC2=O)CC(=O)N1C(C)(C)C. The molecule has 2 saturated heterocycles. The van der Waals surface area contributed by atoms with E-state index in [1.165, 1.54) is 0 Å². The van der Waals surface area contributed by atoms with E-state index in [9.17, 15) is 9.59 Å². The minimum Gasteiger partial charge on any atom is -0.448 e. The Morgan fingerprint density at radius 3 is 2.24 bits per heavy atom. The van der Waals surface area contributed by atoms with Gasteiger partial charge in [0.05, 0.1) is 6.54 Å². The van der Waals surface area contributed by atoms with Crippen molar-refractivity contribution in [3.8, 4) is 0 Å². The molecule has 2 unspecified atom stereocenters. The molecule has 2 atom stereocenters. The third kappa shape index (κ3) is 3.01.